The van der Waals surface area contributed by atoms with Crippen LogP contribution in [0.25, 0.3) is 11.1 Å². The SMILES string of the molecule is COc1ccc2c(c1)oc(=O)n2CCN. The van der Waals surface area contributed by atoms with Crippen molar-refractivity contribution in [1.82, 2.24) is 4.57 Å². The summed E-state index contributed by atoms with van der Waals surface area (Å²) in [6.07, 6.45) is 0. The van der Waals surface area contributed by atoms with Crippen LogP contribution in [0.3, 0.4) is 0 Å². The highest BCUT2D eigenvalue weighted by atomic mass is 16.5. The highest BCUT2D eigenvalue weighted by Gasteiger charge is 2.08. The second-order valence-electron chi connectivity index (χ2n) is 3.14. The highest BCUT2D eigenvalue weighted by Crippen LogP contribution is 2.19. The first-order valence-corrected chi connectivity index (χ1v) is 4.63. The molecule has 1 aromatic heterocycles. The lowest BCUT2D eigenvalue weighted by molar-refractivity contribution is 0.414. The minimum absolute atomic E-state index is 0.385. The Balaban J connectivity index is 2.63. The van der Waals surface area contributed by atoms with E-state index < -0.39 is 0 Å². The number of hydrogen-bond acceptors (Lipinski definition) is 4. The molecule has 15 heavy (non-hydrogen) atoms. The van der Waals surface area contributed by atoms with Crippen molar-refractivity contribution in [3.05, 3.63) is 28.7 Å². The molecule has 1 heterocycles. The summed E-state index contributed by atoms with van der Waals surface area (Å²) in [6.45, 7) is 0.860. The molecule has 0 aliphatic rings. The van der Waals surface area contributed by atoms with Crippen molar-refractivity contribution < 1.29 is 9.15 Å². The van der Waals surface area contributed by atoms with Crippen LogP contribution >= 0.6 is 0 Å². The van der Waals surface area contributed by atoms with Crippen molar-refractivity contribution in [2.45, 2.75) is 6.54 Å². The molecular formula is C10H12N2O3. The molecule has 80 valence electrons. The highest BCUT2D eigenvalue weighted by molar-refractivity contribution is 5.74. The van der Waals surface area contributed by atoms with Crippen molar-refractivity contribution in [2.75, 3.05) is 13.7 Å². The molecule has 0 saturated carbocycles. The number of nitrogens with zero attached hydrogens (tertiary/aromatic N) is 1. The van der Waals surface area contributed by atoms with Gasteiger partial charge in [0, 0.05) is 19.2 Å². The van der Waals surface area contributed by atoms with E-state index in [-0.39, 0.29) is 5.76 Å². The molecule has 0 bridgehead atoms. The number of nitrogens with two attached hydrogens (primary N) is 1. The largest absolute Gasteiger partial charge is 0.497 e. The fraction of sp³-hybridized carbons (Fsp3) is 0.300. The third kappa shape index (κ3) is 1.61. The Kier molecular flexibility index (Phi) is 2.47. The molecule has 0 spiro atoms. The van der Waals surface area contributed by atoms with Crippen LogP contribution in [0, 0.1) is 0 Å². The molecule has 5 heteroatoms. The van der Waals surface area contributed by atoms with Gasteiger partial charge >= 0.3 is 5.76 Å². The van der Waals surface area contributed by atoms with Gasteiger partial charge in [0.1, 0.15) is 5.75 Å². The minimum Gasteiger partial charge on any atom is -0.497 e. The van der Waals surface area contributed by atoms with Gasteiger partial charge in [-0.2, -0.15) is 0 Å². The van der Waals surface area contributed by atoms with Gasteiger partial charge in [-0.3, -0.25) is 4.57 Å². The standard InChI is InChI=1S/C10H12N2O3/c1-14-7-2-3-8-9(6-7)15-10(13)12(8)5-4-11/h2-3,6H,4-5,11H2,1H3. The molecule has 0 aliphatic heterocycles. The third-order valence-corrected chi connectivity index (χ3v) is 2.23. The van der Waals surface area contributed by atoms with Crippen LogP contribution in [-0.2, 0) is 6.54 Å². The van der Waals surface area contributed by atoms with Crippen LogP contribution < -0.4 is 16.2 Å². The van der Waals surface area contributed by atoms with Crippen LogP contribution in [0.5, 0.6) is 5.75 Å². The molecule has 0 fully saturated rings. The minimum atomic E-state index is -0.385. The lowest BCUT2D eigenvalue weighted by Crippen LogP contribution is -2.19. The summed E-state index contributed by atoms with van der Waals surface area (Å²) in [5, 5.41) is 0. The van der Waals surface area contributed by atoms with Gasteiger partial charge in [-0.25, -0.2) is 4.79 Å². The normalized spacial score (nSPS) is 10.8. The number of aromatic nitrogens is 1. The number of rotatable bonds is 3. The van der Waals surface area contributed by atoms with Crippen LogP contribution in [-0.4, -0.2) is 18.2 Å². The van der Waals surface area contributed by atoms with Gasteiger partial charge in [0.25, 0.3) is 0 Å². The smallest absolute Gasteiger partial charge is 0.419 e. The Hall–Kier alpha value is -1.75. The molecule has 2 rings (SSSR count). The van der Waals surface area contributed by atoms with Crippen molar-refractivity contribution in [3.63, 3.8) is 0 Å². The summed E-state index contributed by atoms with van der Waals surface area (Å²) < 4.78 is 11.6. The number of fused-ring (bicyclic) bond motifs is 1. The molecule has 1 aromatic carbocycles. The molecule has 5 nitrogen and oxygen atoms in total. The van der Waals surface area contributed by atoms with Crippen LogP contribution in [0.15, 0.2) is 27.4 Å². The molecule has 0 saturated heterocycles. The monoisotopic (exact) mass is 208 g/mol. The second-order valence-corrected chi connectivity index (χ2v) is 3.14. The van der Waals surface area contributed by atoms with E-state index in [2.05, 4.69) is 0 Å². The number of ether oxygens (including phenoxy) is 1. The van der Waals surface area contributed by atoms with Gasteiger partial charge < -0.3 is 14.9 Å². The second kappa shape index (κ2) is 3.78. The summed E-state index contributed by atoms with van der Waals surface area (Å²) in [6, 6.07) is 5.25. The van der Waals surface area contributed by atoms with Crippen molar-refractivity contribution in [1.29, 1.82) is 0 Å². The van der Waals surface area contributed by atoms with Crippen molar-refractivity contribution >= 4 is 11.1 Å². The quantitative estimate of drug-likeness (QED) is 0.800. The number of hydrogen-bond donors (Lipinski definition) is 1. The molecule has 0 aliphatic carbocycles. The average Bonchev–Trinajstić information content (AvgIpc) is 2.55. The number of methoxy groups -OCH3 is 1. The molecular weight excluding hydrogens is 196 g/mol. The Morgan fingerprint density at radius 2 is 2.33 bits per heavy atom. The average molecular weight is 208 g/mol. The molecule has 0 atom stereocenters. The zero-order valence-electron chi connectivity index (χ0n) is 8.40. The van der Waals surface area contributed by atoms with E-state index in [1.807, 2.05) is 0 Å². The zero-order chi connectivity index (χ0) is 10.8. The van der Waals surface area contributed by atoms with Crippen LogP contribution in [0.2, 0.25) is 0 Å². The Bertz CT molecular complexity index is 527. The van der Waals surface area contributed by atoms with Gasteiger partial charge in [0.05, 0.1) is 12.6 Å². The zero-order valence-corrected chi connectivity index (χ0v) is 8.40. The Morgan fingerprint density at radius 1 is 1.53 bits per heavy atom. The third-order valence-electron chi connectivity index (χ3n) is 2.23. The maximum Gasteiger partial charge on any atom is 0.419 e. The fourth-order valence-electron chi connectivity index (χ4n) is 1.51. The van der Waals surface area contributed by atoms with E-state index in [0.717, 1.165) is 5.52 Å². The predicted octanol–water partition coefficient (Wildman–Crippen LogP) is 0.562. The van der Waals surface area contributed by atoms with E-state index in [0.29, 0.717) is 24.4 Å². The Labute approximate surface area is 86.0 Å². The van der Waals surface area contributed by atoms with Crippen molar-refractivity contribution in [3.8, 4) is 5.75 Å². The summed E-state index contributed by atoms with van der Waals surface area (Å²) in [5.74, 6) is 0.278. The van der Waals surface area contributed by atoms with Gasteiger partial charge in [-0.05, 0) is 12.1 Å². The summed E-state index contributed by atoms with van der Waals surface area (Å²) in [5.41, 5.74) is 6.67. The van der Waals surface area contributed by atoms with E-state index in [9.17, 15) is 4.79 Å². The van der Waals surface area contributed by atoms with E-state index >= 15 is 0 Å². The van der Waals surface area contributed by atoms with E-state index in [1.54, 1.807) is 25.3 Å². The van der Waals surface area contributed by atoms with Crippen LogP contribution in [0.1, 0.15) is 0 Å². The van der Waals surface area contributed by atoms with Gasteiger partial charge in [-0.15, -0.1) is 0 Å². The summed E-state index contributed by atoms with van der Waals surface area (Å²) in [4.78, 5) is 11.4. The number of oxazole rings is 1. The van der Waals surface area contributed by atoms with Gasteiger partial charge in [-0.1, -0.05) is 0 Å². The molecule has 0 unspecified atom stereocenters. The maximum absolute atomic E-state index is 11.4. The fourth-order valence-corrected chi connectivity index (χ4v) is 1.51. The first kappa shape index (κ1) is 9.79. The lowest BCUT2D eigenvalue weighted by Gasteiger charge is -2.00. The van der Waals surface area contributed by atoms with E-state index in [4.69, 9.17) is 14.9 Å². The topological polar surface area (TPSA) is 70.4 Å². The van der Waals surface area contributed by atoms with Gasteiger partial charge in [0.15, 0.2) is 5.58 Å². The lowest BCUT2D eigenvalue weighted by atomic mass is 10.3. The van der Waals surface area contributed by atoms with Crippen LogP contribution in [0.4, 0.5) is 0 Å². The maximum atomic E-state index is 11.4. The number of benzene rings is 1. The molecule has 0 radical (unpaired) electrons. The molecule has 2 aromatic rings. The first-order valence-electron chi connectivity index (χ1n) is 4.63. The predicted molar refractivity (Wildman–Crippen MR) is 56.1 cm³/mol. The first-order chi connectivity index (χ1) is 7.26. The van der Waals surface area contributed by atoms with Crippen molar-refractivity contribution in [2.24, 2.45) is 5.73 Å². The van der Waals surface area contributed by atoms with E-state index in [1.165, 1.54) is 4.57 Å². The molecule has 0 amide bonds. The van der Waals surface area contributed by atoms with Gasteiger partial charge in [0.2, 0.25) is 0 Å². The Morgan fingerprint density at radius 3 is 3.00 bits per heavy atom. The summed E-state index contributed by atoms with van der Waals surface area (Å²) >= 11 is 0. The summed E-state index contributed by atoms with van der Waals surface area (Å²) in [7, 11) is 1.57. The molecule has 2 N–H and O–H groups in total.